The number of hydrogen-bond donors (Lipinski definition) is 0. The molecule has 0 aromatic heterocycles. The van der Waals surface area contributed by atoms with Gasteiger partial charge in [-0.25, -0.2) is 0 Å². The van der Waals surface area contributed by atoms with E-state index in [1.54, 1.807) is 13.2 Å². The zero-order chi connectivity index (χ0) is 10.6. The Morgan fingerprint density at radius 1 is 1.36 bits per heavy atom. The van der Waals surface area contributed by atoms with E-state index in [1.807, 2.05) is 6.08 Å². The number of ether oxygens (including phenoxy) is 3. The van der Waals surface area contributed by atoms with Gasteiger partial charge in [0.1, 0.15) is 17.4 Å². The van der Waals surface area contributed by atoms with Crippen LogP contribution in [0.1, 0.15) is 6.42 Å². The van der Waals surface area contributed by atoms with Crippen molar-refractivity contribution in [3.8, 4) is 0 Å². The van der Waals surface area contributed by atoms with Gasteiger partial charge in [0.2, 0.25) is 0 Å². The second-order valence-electron chi connectivity index (χ2n) is 2.87. The van der Waals surface area contributed by atoms with Crippen LogP contribution in [0.15, 0.2) is 23.7 Å². The number of carbonyl (C=O) groups excluding carboxylic acids is 1. The predicted octanol–water partition coefficient (Wildman–Crippen LogP) is 1.24. The van der Waals surface area contributed by atoms with Crippen LogP contribution < -0.4 is 0 Å². The average molecular weight is 198 g/mol. The molecule has 0 spiro atoms. The first-order chi connectivity index (χ1) is 6.72. The summed E-state index contributed by atoms with van der Waals surface area (Å²) in [6, 6.07) is 0. The summed E-state index contributed by atoms with van der Waals surface area (Å²) in [6.07, 6.45) is 4.09. The third kappa shape index (κ3) is 2.07. The molecule has 1 atom stereocenters. The molecular weight excluding hydrogens is 184 g/mol. The molecule has 1 rings (SSSR count). The fourth-order valence-electron chi connectivity index (χ4n) is 1.35. The van der Waals surface area contributed by atoms with Crippen molar-refractivity contribution in [2.45, 2.75) is 6.42 Å². The number of carbonyl (C=O) groups is 1. The van der Waals surface area contributed by atoms with Crippen molar-refractivity contribution in [2.24, 2.45) is 5.92 Å². The first-order valence-electron chi connectivity index (χ1n) is 4.30. The maximum absolute atomic E-state index is 11.3. The molecule has 1 aliphatic rings. The molecule has 78 valence electrons. The van der Waals surface area contributed by atoms with Crippen LogP contribution in [0.5, 0.6) is 0 Å². The molecule has 4 nitrogen and oxygen atoms in total. The van der Waals surface area contributed by atoms with Gasteiger partial charge in [-0.2, -0.15) is 0 Å². The van der Waals surface area contributed by atoms with Gasteiger partial charge in [0, 0.05) is 6.08 Å². The molecule has 0 aliphatic heterocycles. The lowest BCUT2D eigenvalue weighted by Gasteiger charge is -2.19. The van der Waals surface area contributed by atoms with Crippen molar-refractivity contribution >= 4 is 5.97 Å². The zero-order valence-corrected chi connectivity index (χ0v) is 8.57. The van der Waals surface area contributed by atoms with Crippen LogP contribution in [0.2, 0.25) is 0 Å². The van der Waals surface area contributed by atoms with Gasteiger partial charge in [-0.1, -0.05) is 0 Å². The normalized spacial score (nSPS) is 20.6. The monoisotopic (exact) mass is 198 g/mol. The van der Waals surface area contributed by atoms with E-state index in [2.05, 4.69) is 4.74 Å². The Bertz CT molecular complexity index is 278. The molecule has 14 heavy (non-hydrogen) atoms. The highest BCUT2D eigenvalue weighted by Crippen LogP contribution is 2.25. The quantitative estimate of drug-likeness (QED) is 0.640. The molecule has 0 aromatic rings. The Morgan fingerprint density at radius 2 is 2.07 bits per heavy atom. The lowest BCUT2D eigenvalue weighted by molar-refractivity contribution is -0.145. The van der Waals surface area contributed by atoms with E-state index in [0.29, 0.717) is 17.9 Å². The summed E-state index contributed by atoms with van der Waals surface area (Å²) in [5.41, 5.74) is 0. The maximum atomic E-state index is 11.3. The number of rotatable bonds is 3. The van der Waals surface area contributed by atoms with E-state index < -0.39 is 0 Å². The maximum Gasteiger partial charge on any atom is 0.316 e. The van der Waals surface area contributed by atoms with Gasteiger partial charge in [-0.3, -0.25) is 4.79 Å². The summed E-state index contributed by atoms with van der Waals surface area (Å²) in [5, 5.41) is 0. The Kier molecular flexibility index (Phi) is 3.56. The van der Waals surface area contributed by atoms with Gasteiger partial charge < -0.3 is 14.2 Å². The molecule has 0 aromatic carbocycles. The second kappa shape index (κ2) is 4.69. The van der Waals surface area contributed by atoms with E-state index in [1.165, 1.54) is 14.2 Å². The summed E-state index contributed by atoms with van der Waals surface area (Å²) in [7, 11) is 4.47. The van der Waals surface area contributed by atoms with Gasteiger partial charge >= 0.3 is 5.97 Å². The van der Waals surface area contributed by atoms with Crippen molar-refractivity contribution < 1.29 is 19.0 Å². The first kappa shape index (κ1) is 10.6. The minimum atomic E-state index is -0.344. The van der Waals surface area contributed by atoms with Gasteiger partial charge in [-0.15, -0.1) is 0 Å². The fraction of sp³-hybridized carbons (Fsp3) is 0.500. The van der Waals surface area contributed by atoms with Gasteiger partial charge in [0.25, 0.3) is 0 Å². The molecule has 0 heterocycles. The van der Waals surface area contributed by atoms with Crippen molar-refractivity contribution in [2.75, 3.05) is 21.3 Å². The molecule has 1 unspecified atom stereocenters. The number of methoxy groups -OCH3 is 3. The van der Waals surface area contributed by atoms with Gasteiger partial charge in [0.15, 0.2) is 0 Å². The lowest BCUT2D eigenvalue weighted by Crippen LogP contribution is -2.21. The van der Waals surface area contributed by atoms with Crippen LogP contribution in [0.3, 0.4) is 0 Å². The molecule has 0 radical (unpaired) electrons. The lowest BCUT2D eigenvalue weighted by atomic mass is 9.98. The van der Waals surface area contributed by atoms with Crippen LogP contribution >= 0.6 is 0 Å². The highest BCUT2D eigenvalue weighted by molar-refractivity contribution is 5.76. The topological polar surface area (TPSA) is 44.8 Å². The summed E-state index contributed by atoms with van der Waals surface area (Å²) < 4.78 is 14.8. The average Bonchev–Trinajstić information content (AvgIpc) is 2.27. The molecule has 0 N–H and O–H groups in total. The van der Waals surface area contributed by atoms with Crippen LogP contribution in [-0.2, 0) is 19.0 Å². The molecule has 0 saturated heterocycles. The Labute approximate surface area is 83.1 Å². The molecule has 0 fully saturated rings. The highest BCUT2D eigenvalue weighted by atomic mass is 16.5. The van der Waals surface area contributed by atoms with E-state index in [4.69, 9.17) is 9.47 Å². The van der Waals surface area contributed by atoms with Gasteiger partial charge in [-0.05, 0) is 12.5 Å². The third-order valence-corrected chi connectivity index (χ3v) is 2.14. The van der Waals surface area contributed by atoms with Crippen LogP contribution in [0.4, 0.5) is 0 Å². The van der Waals surface area contributed by atoms with E-state index in [0.717, 1.165) is 0 Å². The first-order valence-corrected chi connectivity index (χ1v) is 4.30. The van der Waals surface area contributed by atoms with Crippen LogP contribution in [-0.4, -0.2) is 27.3 Å². The largest absolute Gasteiger partial charge is 0.500 e. The molecule has 0 amide bonds. The van der Waals surface area contributed by atoms with Crippen LogP contribution in [0.25, 0.3) is 0 Å². The van der Waals surface area contributed by atoms with E-state index in [-0.39, 0.29) is 11.9 Å². The van der Waals surface area contributed by atoms with E-state index in [9.17, 15) is 4.79 Å². The Morgan fingerprint density at radius 3 is 2.57 bits per heavy atom. The molecule has 0 saturated carbocycles. The molecule has 4 heteroatoms. The summed E-state index contributed by atoms with van der Waals surface area (Å²) >= 11 is 0. The minimum Gasteiger partial charge on any atom is -0.500 e. The van der Waals surface area contributed by atoms with Crippen molar-refractivity contribution in [3.63, 3.8) is 0 Å². The Balaban J connectivity index is 2.80. The number of esters is 1. The zero-order valence-electron chi connectivity index (χ0n) is 8.57. The van der Waals surface area contributed by atoms with Crippen LogP contribution in [0, 0.1) is 5.92 Å². The minimum absolute atomic E-state index is 0.287. The SMILES string of the molecule is COC(=O)C1CC=C(OC)C=C1OC. The molecule has 0 bridgehead atoms. The standard InChI is InChI=1S/C10H14O4/c1-12-7-4-5-8(10(11)14-3)9(6-7)13-2/h4,6,8H,5H2,1-3H3. The van der Waals surface area contributed by atoms with E-state index >= 15 is 0 Å². The van der Waals surface area contributed by atoms with Crippen molar-refractivity contribution in [3.05, 3.63) is 23.7 Å². The summed E-state index contributed by atoms with van der Waals surface area (Å²) in [4.78, 5) is 11.3. The van der Waals surface area contributed by atoms with Crippen molar-refractivity contribution in [1.82, 2.24) is 0 Å². The fourth-order valence-corrected chi connectivity index (χ4v) is 1.35. The second-order valence-corrected chi connectivity index (χ2v) is 2.87. The predicted molar refractivity (Wildman–Crippen MR) is 50.3 cm³/mol. The summed E-state index contributed by atoms with van der Waals surface area (Å²) in [6.45, 7) is 0. The summed E-state index contributed by atoms with van der Waals surface area (Å²) in [5.74, 6) is 0.659. The molecular formula is C10H14O4. The van der Waals surface area contributed by atoms with Crippen molar-refractivity contribution in [1.29, 1.82) is 0 Å². The number of hydrogen-bond acceptors (Lipinski definition) is 4. The number of allylic oxidation sites excluding steroid dienone is 2. The van der Waals surface area contributed by atoms with Gasteiger partial charge in [0.05, 0.1) is 21.3 Å². The smallest absolute Gasteiger partial charge is 0.316 e. The highest BCUT2D eigenvalue weighted by Gasteiger charge is 2.27. The Hall–Kier alpha value is -1.45. The third-order valence-electron chi connectivity index (χ3n) is 2.14. The molecule has 1 aliphatic carbocycles.